The van der Waals surface area contributed by atoms with Crippen molar-refractivity contribution in [3.8, 4) is 23.0 Å². The predicted molar refractivity (Wildman–Crippen MR) is 114 cm³/mol. The number of aromatic hydroxyl groups is 4. The zero-order chi connectivity index (χ0) is 24.1. The highest BCUT2D eigenvalue weighted by atomic mass is 16.7. The van der Waals surface area contributed by atoms with Gasteiger partial charge >= 0.3 is 5.97 Å². The Balaban J connectivity index is 1.52. The maximum atomic E-state index is 12.2. The Morgan fingerprint density at radius 2 is 1.64 bits per heavy atom. The largest absolute Gasteiger partial charge is 0.504 e. The summed E-state index contributed by atoms with van der Waals surface area (Å²) in [5.41, 5.74) is 1.12. The van der Waals surface area contributed by atoms with E-state index in [1.165, 1.54) is 36.4 Å². The SMILES string of the molecule is C[C@H]1O[C@H](OCCc2ccc(O)c(O)c2)[C@H](O)[C@H](O)[C@@H]1OC(=O)/C=C/c1ccc(O)c(O)c1. The van der Waals surface area contributed by atoms with Gasteiger partial charge in [-0.1, -0.05) is 12.1 Å². The fourth-order valence-corrected chi connectivity index (χ4v) is 3.31. The molecule has 0 saturated carbocycles. The Labute approximate surface area is 189 Å². The summed E-state index contributed by atoms with van der Waals surface area (Å²) in [7, 11) is 0. The Morgan fingerprint density at radius 1 is 0.970 bits per heavy atom. The second-order valence-corrected chi connectivity index (χ2v) is 7.62. The summed E-state index contributed by atoms with van der Waals surface area (Å²) in [6.45, 7) is 1.65. The number of aliphatic hydroxyl groups excluding tert-OH is 2. The van der Waals surface area contributed by atoms with Gasteiger partial charge in [0, 0.05) is 6.08 Å². The lowest BCUT2D eigenvalue weighted by atomic mass is 9.99. The molecule has 1 aliphatic heterocycles. The minimum atomic E-state index is -1.48. The van der Waals surface area contributed by atoms with Gasteiger partial charge in [0.15, 0.2) is 35.4 Å². The Morgan fingerprint density at radius 3 is 2.30 bits per heavy atom. The van der Waals surface area contributed by atoms with Crippen molar-refractivity contribution in [2.24, 2.45) is 0 Å². The van der Waals surface area contributed by atoms with Crippen LogP contribution >= 0.6 is 0 Å². The van der Waals surface area contributed by atoms with E-state index in [-0.39, 0.29) is 29.6 Å². The van der Waals surface area contributed by atoms with Crippen LogP contribution < -0.4 is 0 Å². The molecule has 10 nitrogen and oxygen atoms in total. The third-order valence-electron chi connectivity index (χ3n) is 5.15. The number of carbonyl (C=O) groups excluding carboxylic acids is 1. The summed E-state index contributed by atoms with van der Waals surface area (Å²) < 4.78 is 16.3. The molecule has 2 aromatic rings. The first-order valence-corrected chi connectivity index (χ1v) is 10.2. The number of carbonyl (C=O) groups is 1. The van der Waals surface area contributed by atoms with Gasteiger partial charge in [-0.3, -0.25) is 0 Å². The second-order valence-electron chi connectivity index (χ2n) is 7.62. The molecule has 10 heteroatoms. The molecular formula is C23H26O10. The molecule has 1 saturated heterocycles. The van der Waals surface area contributed by atoms with Gasteiger partial charge in [0.25, 0.3) is 0 Å². The van der Waals surface area contributed by atoms with Gasteiger partial charge in [0.1, 0.15) is 12.2 Å². The van der Waals surface area contributed by atoms with E-state index in [9.17, 15) is 35.4 Å². The number of hydrogen-bond acceptors (Lipinski definition) is 10. The van der Waals surface area contributed by atoms with E-state index in [0.717, 1.165) is 6.08 Å². The normalized spacial score (nSPS) is 25.2. The van der Waals surface area contributed by atoms with Gasteiger partial charge in [-0.25, -0.2) is 4.79 Å². The third kappa shape index (κ3) is 6.14. The lowest BCUT2D eigenvalue weighted by Crippen LogP contribution is -2.58. The van der Waals surface area contributed by atoms with E-state index in [1.54, 1.807) is 13.0 Å². The minimum absolute atomic E-state index is 0.0953. The van der Waals surface area contributed by atoms with Crippen LogP contribution in [0, 0.1) is 0 Å². The molecule has 5 atom stereocenters. The number of ether oxygens (including phenoxy) is 3. The van der Waals surface area contributed by atoms with Crippen LogP contribution in [0.4, 0.5) is 0 Å². The van der Waals surface area contributed by atoms with E-state index in [0.29, 0.717) is 17.5 Å². The standard InChI is InChI=1S/C23H26O10/c1-12-22(33-19(28)7-4-13-2-5-15(24)17(26)10-13)20(29)21(30)23(32-12)31-9-8-14-3-6-16(25)18(27)11-14/h2-7,10-12,20-27,29-30H,8-9H2,1H3/b7-4+/t12-,20+,21-,22-,23+/m1/s1. The van der Waals surface area contributed by atoms with Crippen molar-refractivity contribution in [3.63, 3.8) is 0 Å². The summed E-state index contributed by atoms with van der Waals surface area (Å²) in [6.07, 6.45) is -3.27. The molecule has 3 rings (SSSR count). The van der Waals surface area contributed by atoms with Crippen molar-refractivity contribution in [1.29, 1.82) is 0 Å². The Bertz CT molecular complexity index is 1000. The maximum Gasteiger partial charge on any atom is 0.331 e. The molecule has 6 N–H and O–H groups in total. The van der Waals surface area contributed by atoms with Crippen LogP contribution in [-0.2, 0) is 25.4 Å². The van der Waals surface area contributed by atoms with Crippen molar-refractivity contribution in [3.05, 3.63) is 53.6 Å². The molecular weight excluding hydrogens is 436 g/mol. The van der Waals surface area contributed by atoms with E-state index >= 15 is 0 Å². The van der Waals surface area contributed by atoms with Crippen LogP contribution in [-0.4, -0.2) is 73.9 Å². The van der Waals surface area contributed by atoms with Gasteiger partial charge in [-0.15, -0.1) is 0 Å². The van der Waals surface area contributed by atoms with Gasteiger partial charge < -0.3 is 44.8 Å². The monoisotopic (exact) mass is 462 g/mol. The van der Waals surface area contributed by atoms with E-state index < -0.39 is 36.7 Å². The summed E-state index contributed by atoms with van der Waals surface area (Å²) in [5.74, 6) is -1.93. The van der Waals surface area contributed by atoms with Crippen molar-refractivity contribution < 1.29 is 49.6 Å². The minimum Gasteiger partial charge on any atom is -0.504 e. The van der Waals surface area contributed by atoms with Gasteiger partial charge in [0.2, 0.25) is 0 Å². The van der Waals surface area contributed by atoms with Crippen LogP contribution in [0.1, 0.15) is 18.1 Å². The van der Waals surface area contributed by atoms with Gasteiger partial charge in [-0.2, -0.15) is 0 Å². The van der Waals surface area contributed by atoms with Crippen molar-refractivity contribution in [2.75, 3.05) is 6.61 Å². The summed E-state index contributed by atoms with van der Waals surface area (Å²) >= 11 is 0. The molecule has 0 aromatic heterocycles. The zero-order valence-corrected chi connectivity index (χ0v) is 17.7. The molecule has 2 aromatic carbocycles. The van der Waals surface area contributed by atoms with Crippen LogP contribution in [0.5, 0.6) is 23.0 Å². The van der Waals surface area contributed by atoms with Crippen LogP contribution in [0.25, 0.3) is 6.08 Å². The third-order valence-corrected chi connectivity index (χ3v) is 5.15. The van der Waals surface area contributed by atoms with Crippen molar-refractivity contribution in [1.82, 2.24) is 0 Å². The highest BCUT2D eigenvalue weighted by molar-refractivity contribution is 5.87. The summed E-state index contributed by atoms with van der Waals surface area (Å²) in [4.78, 5) is 12.2. The van der Waals surface area contributed by atoms with Gasteiger partial charge in [-0.05, 0) is 54.8 Å². The lowest BCUT2D eigenvalue weighted by molar-refractivity contribution is -0.294. The highest BCUT2D eigenvalue weighted by Crippen LogP contribution is 2.27. The van der Waals surface area contributed by atoms with Crippen molar-refractivity contribution in [2.45, 2.75) is 44.1 Å². The first kappa shape index (κ1) is 24.3. The molecule has 0 aliphatic carbocycles. The summed E-state index contributed by atoms with van der Waals surface area (Å²) in [6, 6.07) is 8.34. The van der Waals surface area contributed by atoms with Crippen molar-refractivity contribution >= 4 is 12.0 Å². The second kappa shape index (κ2) is 10.5. The lowest BCUT2D eigenvalue weighted by Gasteiger charge is -2.40. The molecule has 1 fully saturated rings. The first-order valence-electron chi connectivity index (χ1n) is 10.2. The fraction of sp³-hybridized carbons (Fsp3) is 0.348. The molecule has 33 heavy (non-hydrogen) atoms. The Hall–Kier alpha value is -3.31. The maximum absolute atomic E-state index is 12.2. The zero-order valence-electron chi connectivity index (χ0n) is 17.7. The molecule has 0 spiro atoms. The van der Waals surface area contributed by atoms with E-state index in [1.807, 2.05) is 0 Å². The number of hydrogen-bond donors (Lipinski definition) is 6. The molecule has 178 valence electrons. The quantitative estimate of drug-likeness (QED) is 0.200. The van der Waals surface area contributed by atoms with Crippen LogP contribution in [0.2, 0.25) is 0 Å². The van der Waals surface area contributed by atoms with Gasteiger partial charge in [0.05, 0.1) is 12.7 Å². The fourth-order valence-electron chi connectivity index (χ4n) is 3.31. The average Bonchev–Trinajstić information content (AvgIpc) is 2.78. The molecule has 0 bridgehead atoms. The Kier molecular flexibility index (Phi) is 7.77. The number of esters is 1. The highest BCUT2D eigenvalue weighted by Gasteiger charge is 2.45. The number of phenols is 4. The molecule has 0 unspecified atom stereocenters. The average molecular weight is 462 g/mol. The predicted octanol–water partition coefficient (Wildman–Crippen LogP) is 1.16. The number of phenolic OH excluding ortho intramolecular Hbond substituents is 4. The van der Waals surface area contributed by atoms with E-state index in [2.05, 4.69) is 0 Å². The van der Waals surface area contributed by atoms with Crippen LogP contribution in [0.15, 0.2) is 42.5 Å². The molecule has 0 amide bonds. The topological polar surface area (TPSA) is 166 Å². The summed E-state index contributed by atoms with van der Waals surface area (Å²) in [5, 5.41) is 58.5. The molecule has 1 aliphatic rings. The molecule has 1 heterocycles. The molecule has 0 radical (unpaired) electrons. The smallest absolute Gasteiger partial charge is 0.331 e. The van der Waals surface area contributed by atoms with E-state index in [4.69, 9.17) is 14.2 Å². The number of rotatable bonds is 7. The number of benzene rings is 2. The van der Waals surface area contributed by atoms with Crippen LogP contribution in [0.3, 0.4) is 0 Å². The first-order chi connectivity index (χ1) is 15.7. The number of aliphatic hydroxyl groups is 2.